The van der Waals surface area contributed by atoms with Gasteiger partial charge < -0.3 is 15.0 Å². The summed E-state index contributed by atoms with van der Waals surface area (Å²) < 4.78 is 5.38. The Balaban J connectivity index is 1.66. The van der Waals surface area contributed by atoms with Crippen molar-refractivity contribution in [3.8, 4) is 0 Å². The fraction of sp³-hybridized carbons (Fsp3) is 0.438. The Morgan fingerprint density at radius 1 is 1.35 bits per heavy atom. The van der Waals surface area contributed by atoms with E-state index in [9.17, 15) is 4.79 Å². The number of aromatic amines is 1. The number of amides is 1. The van der Waals surface area contributed by atoms with Gasteiger partial charge >= 0.3 is 0 Å². The molecule has 2 N–H and O–H groups in total. The highest BCUT2D eigenvalue weighted by molar-refractivity contribution is 5.97. The van der Waals surface area contributed by atoms with Crippen molar-refractivity contribution in [3.05, 3.63) is 36.0 Å². The average Bonchev–Trinajstić information content (AvgIpc) is 2.89. The summed E-state index contributed by atoms with van der Waals surface area (Å²) >= 11 is 0. The van der Waals surface area contributed by atoms with Crippen LogP contribution >= 0.6 is 0 Å². The molecule has 4 nitrogen and oxygen atoms in total. The number of hydrogen-bond acceptors (Lipinski definition) is 2. The Labute approximate surface area is 118 Å². The molecule has 4 heteroatoms. The van der Waals surface area contributed by atoms with Crippen molar-refractivity contribution < 1.29 is 9.53 Å². The molecule has 1 aromatic heterocycles. The lowest BCUT2D eigenvalue weighted by atomic mass is 9.82. The first-order chi connectivity index (χ1) is 9.66. The molecule has 0 unspecified atom stereocenters. The zero-order chi connectivity index (χ0) is 14.0. The second-order valence-electron chi connectivity index (χ2n) is 5.88. The molecule has 1 aliphatic rings. The minimum atomic E-state index is -0.0334. The van der Waals surface area contributed by atoms with Crippen molar-refractivity contribution in [2.75, 3.05) is 19.8 Å². The summed E-state index contributed by atoms with van der Waals surface area (Å²) in [5.74, 6) is -0.0334. The summed E-state index contributed by atoms with van der Waals surface area (Å²) in [6, 6.07) is 9.82. The molecule has 0 aliphatic carbocycles. The van der Waals surface area contributed by atoms with Crippen molar-refractivity contribution in [2.24, 2.45) is 5.41 Å². The molecule has 1 amide bonds. The van der Waals surface area contributed by atoms with Gasteiger partial charge in [0.05, 0.1) is 0 Å². The van der Waals surface area contributed by atoms with Crippen LogP contribution < -0.4 is 5.32 Å². The number of ether oxygens (including phenoxy) is 1. The standard InChI is InChI=1S/C16H20N2O2/c1-16(6-8-20-9-7-16)11-17-15(19)14-10-12-4-2-3-5-13(12)18-14/h2-5,10,18H,6-9,11H2,1H3,(H,17,19). The molecule has 0 saturated carbocycles. The maximum atomic E-state index is 12.2. The fourth-order valence-corrected chi connectivity index (χ4v) is 2.63. The smallest absolute Gasteiger partial charge is 0.267 e. The predicted molar refractivity (Wildman–Crippen MR) is 78.8 cm³/mol. The van der Waals surface area contributed by atoms with Crippen LogP contribution in [-0.2, 0) is 4.74 Å². The van der Waals surface area contributed by atoms with Crippen molar-refractivity contribution in [2.45, 2.75) is 19.8 Å². The predicted octanol–water partition coefficient (Wildman–Crippen LogP) is 2.71. The van der Waals surface area contributed by atoms with Crippen LogP contribution in [0, 0.1) is 5.41 Å². The van der Waals surface area contributed by atoms with E-state index in [0.29, 0.717) is 12.2 Å². The van der Waals surface area contributed by atoms with E-state index in [1.165, 1.54) is 0 Å². The number of carbonyl (C=O) groups is 1. The molecule has 0 atom stereocenters. The first kappa shape index (κ1) is 13.2. The van der Waals surface area contributed by atoms with Gasteiger partial charge in [0.2, 0.25) is 0 Å². The lowest BCUT2D eigenvalue weighted by molar-refractivity contribution is 0.0238. The van der Waals surface area contributed by atoms with Crippen LogP contribution in [0.5, 0.6) is 0 Å². The van der Waals surface area contributed by atoms with Crippen LogP contribution in [0.3, 0.4) is 0 Å². The van der Waals surface area contributed by atoms with Gasteiger partial charge in [0, 0.05) is 30.7 Å². The Hall–Kier alpha value is -1.81. The summed E-state index contributed by atoms with van der Waals surface area (Å²) in [6.45, 7) is 4.49. The lowest BCUT2D eigenvalue weighted by Gasteiger charge is -2.33. The number of para-hydroxylation sites is 1. The van der Waals surface area contributed by atoms with E-state index in [0.717, 1.165) is 37.0 Å². The molecule has 1 aromatic carbocycles. The zero-order valence-corrected chi connectivity index (χ0v) is 11.7. The molecular formula is C16H20N2O2. The van der Waals surface area contributed by atoms with Crippen LogP contribution in [0.2, 0.25) is 0 Å². The molecule has 0 spiro atoms. The number of nitrogens with one attached hydrogen (secondary N) is 2. The highest BCUT2D eigenvalue weighted by Crippen LogP contribution is 2.28. The minimum absolute atomic E-state index is 0.0334. The largest absolute Gasteiger partial charge is 0.381 e. The molecule has 106 valence electrons. The number of H-pyrrole nitrogens is 1. The molecule has 0 bridgehead atoms. The topological polar surface area (TPSA) is 54.1 Å². The highest BCUT2D eigenvalue weighted by atomic mass is 16.5. The number of benzene rings is 1. The zero-order valence-electron chi connectivity index (χ0n) is 11.7. The maximum Gasteiger partial charge on any atom is 0.267 e. The number of carbonyl (C=O) groups excluding carboxylic acids is 1. The highest BCUT2D eigenvalue weighted by Gasteiger charge is 2.28. The van der Waals surface area contributed by atoms with Crippen molar-refractivity contribution >= 4 is 16.8 Å². The van der Waals surface area contributed by atoms with Gasteiger partial charge in [-0.25, -0.2) is 0 Å². The van der Waals surface area contributed by atoms with Gasteiger partial charge in [-0.15, -0.1) is 0 Å². The van der Waals surface area contributed by atoms with E-state index in [4.69, 9.17) is 4.74 Å². The Morgan fingerprint density at radius 3 is 2.85 bits per heavy atom. The summed E-state index contributed by atoms with van der Waals surface area (Å²) in [4.78, 5) is 15.4. The first-order valence-corrected chi connectivity index (χ1v) is 7.10. The van der Waals surface area contributed by atoms with E-state index in [2.05, 4.69) is 17.2 Å². The van der Waals surface area contributed by atoms with Crippen LogP contribution in [-0.4, -0.2) is 30.6 Å². The maximum absolute atomic E-state index is 12.2. The molecule has 2 aromatic rings. The van der Waals surface area contributed by atoms with E-state index >= 15 is 0 Å². The summed E-state index contributed by atoms with van der Waals surface area (Å²) in [5, 5.41) is 4.11. The van der Waals surface area contributed by atoms with Crippen molar-refractivity contribution in [1.82, 2.24) is 10.3 Å². The monoisotopic (exact) mass is 272 g/mol. The summed E-state index contributed by atoms with van der Waals surface area (Å²) in [5.41, 5.74) is 1.77. The molecule has 3 rings (SSSR count). The van der Waals surface area contributed by atoms with Crippen LogP contribution in [0.15, 0.2) is 30.3 Å². The van der Waals surface area contributed by atoms with E-state index in [1.807, 2.05) is 30.3 Å². The molecule has 1 fully saturated rings. The van der Waals surface area contributed by atoms with Crippen molar-refractivity contribution in [1.29, 1.82) is 0 Å². The van der Waals surface area contributed by atoms with E-state index in [1.54, 1.807) is 0 Å². The SMILES string of the molecule is CC1(CNC(=O)c2cc3ccccc3[nH]2)CCOCC1. The molecule has 1 saturated heterocycles. The van der Waals surface area contributed by atoms with Crippen LogP contribution in [0.1, 0.15) is 30.3 Å². The number of hydrogen-bond donors (Lipinski definition) is 2. The number of aromatic nitrogens is 1. The third-order valence-electron chi connectivity index (χ3n) is 4.15. The summed E-state index contributed by atoms with van der Waals surface area (Å²) in [6.07, 6.45) is 2.00. The Bertz CT molecular complexity index is 579. The van der Waals surface area contributed by atoms with Gasteiger partial charge in [-0.05, 0) is 30.4 Å². The quantitative estimate of drug-likeness (QED) is 0.902. The normalized spacial score (nSPS) is 18.1. The van der Waals surface area contributed by atoms with Gasteiger partial charge in [0.15, 0.2) is 0 Å². The third-order valence-corrected chi connectivity index (χ3v) is 4.15. The van der Waals surface area contributed by atoms with Gasteiger partial charge in [0.25, 0.3) is 5.91 Å². The van der Waals surface area contributed by atoms with Crippen molar-refractivity contribution in [3.63, 3.8) is 0 Å². The van der Waals surface area contributed by atoms with Gasteiger partial charge in [-0.2, -0.15) is 0 Å². The lowest BCUT2D eigenvalue weighted by Crippen LogP contribution is -2.39. The minimum Gasteiger partial charge on any atom is -0.381 e. The molecule has 2 heterocycles. The van der Waals surface area contributed by atoms with Gasteiger partial charge in [-0.3, -0.25) is 4.79 Å². The van der Waals surface area contributed by atoms with Crippen LogP contribution in [0.25, 0.3) is 10.9 Å². The van der Waals surface area contributed by atoms with E-state index in [-0.39, 0.29) is 11.3 Å². The number of rotatable bonds is 3. The summed E-state index contributed by atoms with van der Waals surface area (Å²) in [7, 11) is 0. The molecular weight excluding hydrogens is 252 g/mol. The second kappa shape index (κ2) is 5.29. The van der Waals surface area contributed by atoms with E-state index < -0.39 is 0 Å². The first-order valence-electron chi connectivity index (χ1n) is 7.10. The van der Waals surface area contributed by atoms with Gasteiger partial charge in [0.1, 0.15) is 5.69 Å². The second-order valence-corrected chi connectivity index (χ2v) is 5.88. The van der Waals surface area contributed by atoms with Crippen LogP contribution in [0.4, 0.5) is 0 Å². The Kier molecular flexibility index (Phi) is 3.49. The fourth-order valence-electron chi connectivity index (χ4n) is 2.63. The van der Waals surface area contributed by atoms with Gasteiger partial charge in [-0.1, -0.05) is 25.1 Å². The Morgan fingerprint density at radius 2 is 2.10 bits per heavy atom. The molecule has 1 aliphatic heterocycles. The molecule has 0 radical (unpaired) electrons. The third kappa shape index (κ3) is 2.70. The average molecular weight is 272 g/mol. The number of fused-ring (bicyclic) bond motifs is 1. The molecule has 20 heavy (non-hydrogen) atoms.